The molecule has 1 amide bonds. The number of carbonyl (C=O) groups excluding carboxylic acids is 3. The van der Waals surface area contributed by atoms with Crippen LogP contribution in [0.15, 0.2) is 30.3 Å². The second-order valence-electron chi connectivity index (χ2n) is 5.43. The van der Waals surface area contributed by atoms with Gasteiger partial charge in [-0.3, -0.25) is 9.69 Å². The number of likely N-dealkylation sites (tertiary alicyclic amines) is 1. The van der Waals surface area contributed by atoms with Crippen molar-refractivity contribution in [2.75, 3.05) is 13.2 Å². The van der Waals surface area contributed by atoms with Crippen molar-refractivity contribution in [2.45, 2.75) is 39.0 Å². The number of nitrogens with zero attached hydrogens (tertiary/aromatic N) is 1. The first kappa shape index (κ1) is 17.8. The lowest BCUT2D eigenvalue weighted by Crippen LogP contribution is -2.41. The first-order chi connectivity index (χ1) is 11.5. The third-order valence-electron chi connectivity index (χ3n) is 3.59. The highest BCUT2D eigenvalue weighted by atomic mass is 16.6. The molecular formula is C17H21NO6. The highest BCUT2D eigenvalue weighted by Gasteiger charge is 2.42. The van der Waals surface area contributed by atoms with Crippen LogP contribution in [0.4, 0.5) is 4.79 Å². The van der Waals surface area contributed by atoms with Gasteiger partial charge in [0, 0.05) is 13.3 Å². The zero-order valence-electron chi connectivity index (χ0n) is 13.8. The van der Waals surface area contributed by atoms with Gasteiger partial charge in [0.25, 0.3) is 0 Å². The number of amides is 1. The van der Waals surface area contributed by atoms with E-state index in [1.54, 1.807) is 6.92 Å². The SMILES string of the molecule is CCOC(=O)[C@H]1C[C@H](OC(C)=O)CN1C(=O)OCc1ccccc1. The van der Waals surface area contributed by atoms with Gasteiger partial charge in [-0.1, -0.05) is 30.3 Å². The molecule has 1 aliphatic rings. The monoisotopic (exact) mass is 335 g/mol. The Balaban J connectivity index is 2.01. The Hall–Kier alpha value is -2.57. The van der Waals surface area contributed by atoms with E-state index in [1.165, 1.54) is 11.8 Å². The van der Waals surface area contributed by atoms with Crippen molar-refractivity contribution in [3.63, 3.8) is 0 Å². The molecular weight excluding hydrogens is 314 g/mol. The predicted molar refractivity (Wildman–Crippen MR) is 83.9 cm³/mol. The summed E-state index contributed by atoms with van der Waals surface area (Å²) in [4.78, 5) is 36.8. The fourth-order valence-corrected chi connectivity index (χ4v) is 2.58. The van der Waals surface area contributed by atoms with Crippen LogP contribution in [0.5, 0.6) is 0 Å². The van der Waals surface area contributed by atoms with E-state index in [0.29, 0.717) is 0 Å². The van der Waals surface area contributed by atoms with Gasteiger partial charge < -0.3 is 14.2 Å². The van der Waals surface area contributed by atoms with E-state index in [4.69, 9.17) is 14.2 Å². The maximum atomic E-state index is 12.3. The largest absolute Gasteiger partial charge is 0.464 e. The standard InChI is InChI=1S/C17H21NO6/c1-3-22-16(20)15-9-14(24-12(2)19)10-18(15)17(21)23-11-13-7-5-4-6-8-13/h4-8,14-15H,3,9-11H2,1-2H3/t14-,15+/m0/s1. The van der Waals surface area contributed by atoms with Gasteiger partial charge in [-0.25, -0.2) is 9.59 Å². The lowest BCUT2D eigenvalue weighted by atomic mass is 10.2. The molecule has 0 saturated carbocycles. The van der Waals surface area contributed by atoms with Crippen LogP contribution in [-0.4, -0.2) is 48.2 Å². The van der Waals surface area contributed by atoms with Crippen LogP contribution in [0.1, 0.15) is 25.8 Å². The Labute approximate surface area is 140 Å². The van der Waals surface area contributed by atoms with Gasteiger partial charge in [-0.2, -0.15) is 0 Å². The van der Waals surface area contributed by atoms with Gasteiger partial charge in [0.05, 0.1) is 13.2 Å². The molecule has 1 aliphatic heterocycles. The lowest BCUT2D eigenvalue weighted by Gasteiger charge is -2.22. The molecule has 1 heterocycles. The van der Waals surface area contributed by atoms with Crippen LogP contribution in [-0.2, 0) is 30.4 Å². The van der Waals surface area contributed by atoms with Crippen LogP contribution < -0.4 is 0 Å². The van der Waals surface area contributed by atoms with Crippen molar-refractivity contribution in [3.05, 3.63) is 35.9 Å². The average Bonchev–Trinajstić information content (AvgIpc) is 2.97. The van der Waals surface area contributed by atoms with E-state index < -0.39 is 30.2 Å². The molecule has 7 heteroatoms. The van der Waals surface area contributed by atoms with Crippen molar-refractivity contribution >= 4 is 18.0 Å². The van der Waals surface area contributed by atoms with Gasteiger partial charge in [0.1, 0.15) is 18.8 Å². The molecule has 0 N–H and O–H groups in total. The lowest BCUT2D eigenvalue weighted by molar-refractivity contribution is -0.149. The molecule has 0 aliphatic carbocycles. The maximum absolute atomic E-state index is 12.3. The van der Waals surface area contributed by atoms with Crippen LogP contribution in [0.3, 0.4) is 0 Å². The third kappa shape index (κ3) is 4.71. The minimum Gasteiger partial charge on any atom is -0.464 e. The van der Waals surface area contributed by atoms with E-state index in [1.807, 2.05) is 30.3 Å². The zero-order valence-corrected chi connectivity index (χ0v) is 13.8. The number of ether oxygens (including phenoxy) is 3. The molecule has 24 heavy (non-hydrogen) atoms. The summed E-state index contributed by atoms with van der Waals surface area (Å²) in [6.07, 6.45) is -0.966. The summed E-state index contributed by atoms with van der Waals surface area (Å²) in [5.74, 6) is -0.981. The highest BCUT2D eigenvalue weighted by molar-refractivity contribution is 5.82. The van der Waals surface area contributed by atoms with Crippen LogP contribution in [0.2, 0.25) is 0 Å². The smallest absolute Gasteiger partial charge is 0.410 e. The summed E-state index contributed by atoms with van der Waals surface area (Å²) in [5, 5.41) is 0. The van der Waals surface area contributed by atoms with Gasteiger partial charge in [-0.15, -0.1) is 0 Å². The second-order valence-corrected chi connectivity index (χ2v) is 5.43. The van der Waals surface area contributed by atoms with Crippen molar-refractivity contribution < 1.29 is 28.6 Å². The summed E-state index contributed by atoms with van der Waals surface area (Å²) in [6.45, 7) is 3.39. The third-order valence-corrected chi connectivity index (χ3v) is 3.59. The molecule has 130 valence electrons. The van der Waals surface area contributed by atoms with E-state index in [2.05, 4.69) is 0 Å². The quantitative estimate of drug-likeness (QED) is 0.604. The van der Waals surface area contributed by atoms with Crippen molar-refractivity contribution in [2.24, 2.45) is 0 Å². The predicted octanol–water partition coefficient (Wildman–Crippen LogP) is 1.89. The van der Waals surface area contributed by atoms with Crippen LogP contribution in [0, 0.1) is 0 Å². The summed E-state index contributed by atoms with van der Waals surface area (Å²) >= 11 is 0. The van der Waals surface area contributed by atoms with E-state index in [0.717, 1.165) is 5.56 Å². The highest BCUT2D eigenvalue weighted by Crippen LogP contribution is 2.23. The minimum absolute atomic E-state index is 0.101. The zero-order chi connectivity index (χ0) is 17.5. The summed E-state index contributed by atoms with van der Waals surface area (Å²) in [7, 11) is 0. The molecule has 1 aromatic carbocycles. The Bertz CT molecular complexity index is 588. The number of hydrogen-bond acceptors (Lipinski definition) is 6. The summed E-state index contributed by atoms with van der Waals surface area (Å²) in [6, 6.07) is 8.42. The fourth-order valence-electron chi connectivity index (χ4n) is 2.58. The minimum atomic E-state index is -0.808. The van der Waals surface area contributed by atoms with Gasteiger partial charge in [0.15, 0.2) is 0 Å². The van der Waals surface area contributed by atoms with Crippen molar-refractivity contribution in [1.29, 1.82) is 0 Å². The average molecular weight is 335 g/mol. The molecule has 7 nitrogen and oxygen atoms in total. The molecule has 2 atom stereocenters. The molecule has 0 bridgehead atoms. The first-order valence-electron chi connectivity index (χ1n) is 7.82. The molecule has 1 saturated heterocycles. The molecule has 0 aromatic heterocycles. The maximum Gasteiger partial charge on any atom is 0.410 e. The Morgan fingerprint density at radius 1 is 1.17 bits per heavy atom. The fraction of sp³-hybridized carbons (Fsp3) is 0.471. The van der Waals surface area contributed by atoms with Gasteiger partial charge >= 0.3 is 18.0 Å². The van der Waals surface area contributed by atoms with E-state index in [-0.39, 0.29) is 26.2 Å². The normalized spacial score (nSPS) is 19.7. The molecule has 2 rings (SSSR count). The Morgan fingerprint density at radius 2 is 1.88 bits per heavy atom. The van der Waals surface area contributed by atoms with Crippen LogP contribution in [0.25, 0.3) is 0 Å². The van der Waals surface area contributed by atoms with Crippen molar-refractivity contribution in [3.8, 4) is 0 Å². The summed E-state index contributed by atoms with van der Waals surface area (Å²) in [5.41, 5.74) is 0.842. The molecule has 1 aromatic rings. The van der Waals surface area contributed by atoms with E-state index >= 15 is 0 Å². The Morgan fingerprint density at radius 3 is 2.50 bits per heavy atom. The van der Waals surface area contributed by atoms with Crippen LogP contribution >= 0.6 is 0 Å². The molecule has 0 unspecified atom stereocenters. The molecule has 1 fully saturated rings. The number of benzene rings is 1. The number of esters is 2. The molecule has 0 spiro atoms. The Kier molecular flexibility index (Phi) is 6.17. The van der Waals surface area contributed by atoms with Gasteiger partial charge in [-0.05, 0) is 12.5 Å². The number of carbonyl (C=O) groups is 3. The molecule has 0 radical (unpaired) electrons. The van der Waals surface area contributed by atoms with Gasteiger partial charge in [0.2, 0.25) is 0 Å². The van der Waals surface area contributed by atoms with E-state index in [9.17, 15) is 14.4 Å². The topological polar surface area (TPSA) is 82.1 Å². The number of hydrogen-bond donors (Lipinski definition) is 0. The number of rotatable bonds is 5. The first-order valence-corrected chi connectivity index (χ1v) is 7.82. The second kappa shape index (κ2) is 8.33. The van der Waals surface area contributed by atoms with Crippen molar-refractivity contribution in [1.82, 2.24) is 4.90 Å². The summed E-state index contributed by atoms with van der Waals surface area (Å²) < 4.78 is 15.4.